The van der Waals surface area contributed by atoms with Crippen LogP contribution in [-0.4, -0.2) is 42.0 Å². The lowest BCUT2D eigenvalue weighted by atomic mass is 10.3. The number of nitrogens with zero attached hydrogens (tertiary/aromatic N) is 2. The van der Waals surface area contributed by atoms with Gasteiger partial charge < -0.3 is 5.32 Å². The van der Waals surface area contributed by atoms with Gasteiger partial charge in [-0.2, -0.15) is 0 Å². The Kier molecular flexibility index (Phi) is 3.83. The van der Waals surface area contributed by atoms with Crippen LogP contribution in [0.1, 0.15) is 15.5 Å². The van der Waals surface area contributed by atoms with Crippen LogP contribution in [0.2, 0.25) is 0 Å². The summed E-state index contributed by atoms with van der Waals surface area (Å²) >= 11 is 1.33. The molecule has 1 saturated heterocycles. The fourth-order valence-electron chi connectivity index (χ4n) is 1.64. The number of aromatic nitrogens is 1. The first-order valence-electron chi connectivity index (χ1n) is 5.18. The van der Waals surface area contributed by atoms with Crippen molar-refractivity contribution in [3.05, 3.63) is 16.1 Å². The van der Waals surface area contributed by atoms with Gasteiger partial charge in [-0.15, -0.1) is 11.3 Å². The summed E-state index contributed by atoms with van der Waals surface area (Å²) in [5.41, 5.74) is 3.02. The molecule has 1 aliphatic heterocycles. The molecule has 4 N–H and O–H groups in total. The largest absolute Gasteiger partial charge is 0.314 e. The molecule has 0 saturated carbocycles. The van der Waals surface area contributed by atoms with Crippen molar-refractivity contribution in [3.8, 4) is 0 Å². The lowest BCUT2D eigenvalue weighted by molar-refractivity contribution is 0.0953. The molecule has 0 aromatic carbocycles. The topological polar surface area (TPSA) is 83.3 Å². The van der Waals surface area contributed by atoms with Crippen LogP contribution in [0.25, 0.3) is 0 Å². The molecule has 1 fully saturated rings. The predicted molar refractivity (Wildman–Crippen MR) is 61.9 cm³/mol. The normalized spacial score (nSPS) is 17.3. The second-order valence-electron chi connectivity index (χ2n) is 3.64. The molecular weight excluding hydrogens is 226 g/mol. The van der Waals surface area contributed by atoms with Crippen LogP contribution >= 0.6 is 11.3 Å². The molecule has 1 aromatic rings. The molecular formula is C9H15N5OS. The Labute approximate surface area is 97.8 Å². The number of carbonyl (C=O) groups excluding carboxylic acids is 1. The number of nitrogens with two attached hydrogens (primary N) is 1. The van der Waals surface area contributed by atoms with E-state index in [0.717, 1.165) is 38.4 Å². The molecule has 7 heteroatoms. The van der Waals surface area contributed by atoms with Crippen molar-refractivity contribution in [1.29, 1.82) is 0 Å². The highest BCUT2D eigenvalue weighted by Crippen LogP contribution is 2.11. The van der Waals surface area contributed by atoms with E-state index in [0.29, 0.717) is 5.01 Å². The van der Waals surface area contributed by atoms with Crippen molar-refractivity contribution < 1.29 is 4.79 Å². The molecule has 1 aliphatic rings. The molecule has 2 rings (SSSR count). The standard InChI is InChI=1S/C9H15N5OS/c10-13-8(15)9-12-7(6-16-9)5-14-3-1-11-2-4-14/h6,11H,1-5,10H2,(H,13,15). The number of nitrogens with one attached hydrogen (secondary N) is 2. The van der Waals surface area contributed by atoms with E-state index in [2.05, 4.69) is 20.6 Å². The second-order valence-corrected chi connectivity index (χ2v) is 4.50. The van der Waals surface area contributed by atoms with E-state index in [9.17, 15) is 4.79 Å². The number of carbonyl (C=O) groups is 1. The summed E-state index contributed by atoms with van der Waals surface area (Å²) in [6.07, 6.45) is 0. The van der Waals surface area contributed by atoms with Gasteiger partial charge in [0.25, 0.3) is 5.91 Å². The Morgan fingerprint density at radius 1 is 1.62 bits per heavy atom. The van der Waals surface area contributed by atoms with E-state index in [1.807, 2.05) is 5.38 Å². The maximum atomic E-state index is 11.2. The maximum absolute atomic E-state index is 11.2. The fourth-order valence-corrected chi connectivity index (χ4v) is 2.35. The Balaban J connectivity index is 1.94. The van der Waals surface area contributed by atoms with Gasteiger partial charge in [-0.1, -0.05) is 0 Å². The molecule has 0 aliphatic carbocycles. The molecule has 6 nitrogen and oxygen atoms in total. The van der Waals surface area contributed by atoms with Crippen molar-refractivity contribution in [2.24, 2.45) is 5.84 Å². The molecule has 1 amide bonds. The van der Waals surface area contributed by atoms with Crippen molar-refractivity contribution in [3.63, 3.8) is 0 Å². The highest BCUT2D eigenvalue weighted by atomic mass is 32.1. The second kappa shape index (κ2) is 5.35. The van der Waals surface area contributed by atoms with Gasteiger partial charge in [0.2, 0.25) is 0 Å². The highest BCUT2D eigenvalue weighted by molar-refractivity contribution is 7.11. The Morgan fingerprint density at radius 2 is 2.38 bits per heavy atom. The van der Waals surface area contributed by atoms with E-state index in [-0.39, 0.29) is 5.91 Å². The number of hydrogen-bond donors (Lipinski definition) is 3. The zero-order valence-corrected chi connectivity index (χ0v) is 9.72. The van der Waals surface area contributed by atoms with Crippen LogP contribution in [0.3, 0.4) is 0 Å². The molecule has 0 bridgehead atoms. The summed E-state index contributed by atoms with van der Waals surface area (Å²) in [5.74, 6) is 4.72. The van der Waals surface area contributed by atoms with E-state index in [1.54, 1.807) is 0 Å². The zero-order chi connectivity index (χ0) is 11.4. The number of piperazine rings is 1. The summed E-state index contributed by atoms with van der Waals surface area (Å²) in [4.78, 5) is 17.8. The van der Waals surface area contributed by atoms with Gasteiger partial charge in [0.15, 0.2) is 5.01 Å². The third kappa shape index (κ3) is 2.76. The van der Waals surface area contributed by atoms with Gasteiger partial charge in [0.05, 0.1) is 5.69 Å². The lowest BCUT2D eigenvalue weighted by Gasteiger charge is -2.26. The third-order valence-electron chi connectivity index (χ3n) is 2.47. The van der Waals surface area contributed by atoms with Crippen molar-refractivity contribution >= 4 is 17.2 Å². The van der Waals surface area contributed by atoms with Crippen LogP contribution in [-0.2, 0) is 6.54 Å². The number of amides is 1. The van der Waals surface area contributed by atoms with Crippen LogP contribution in [0.15, 0.2) is 5.38 Å². The van der Waals surface area contributed by atoms with Gasteiger partial charge >= 0.3 is 0 Å². The van der Waals surface area contributed by atoms with E-state index < -0.39 is 0 Å². The van der Waals surface area contributed by atoms with Crippen LogP contribution in [0.5, 0.6) is 0 Å². The summed E-state index contributed by atoms with van der Waals surface area (Å²) in [5, 5.41) is 5.63. The molecule has 1 aromatic heterocycles. The zero-order valence-electron chi connectivity index (χ0n) is 8.90. The fraction of sp³-hybridized carbons (Fsp3) is 0.556. The summed E-state index contributed by atoms with van der Waals surface area (Å²) in [6.45, 7) is 4.88. The average Bonchev–Trinajstić information content (AvgIpc) is 2.78. The highest BCUT2D eigenvalue weighted by Gasteiger charge is 2.14. The number of hydrazine groups is 1. The van der Waals surface area contributed by atoms with Crippen LogP contribution in [0.4, 0.5) is 0 Å². The molecule has 2 heterocycles. The first-order valence-corrected chi connectivity index (χ1v) is 6.06. The number of hydrogen-bond acceptors (Lipinski definition) is 6. The van der Waals surface area contributed by atoms with E-state index in [4.69, 9.17) is 5.84 Å². The van der Waals surface area contributed by atoms with Gasteiger partial charge in [0.1, 0.15) is 0 Å². The summed E-state index contributed by atoms with van der Waals surface area (Å²) in [6, 6.07) is 0. The lowest BCUT2D eigenvalue weighted by Crippen LogP contribution is -2.42. The summed E-state index contributed by atoms with van der Waals surface area (Å²) in [7, 11) is 0. The predicted octanol–water partition coefficient (Wildman–Crippen LogP) is -0.848. The van der Waals surface area contributed by atoms with Crippen molar-refractivity contribution in [2.45, 2.75) is 6.54 Å². The molecule has 0 unspecified atom stereocenters. The third-order valence-corrected chi connectivity index (χ3v) is 3.36. The van der Waals surface area contributed by atoms with Gasteiger partial charge in [-0.05, 0) is 0 Å². The molecule has 88 valence electrons. The molecule has 0 radical (unpaired) electrons. The molecule has 0 atom stereocenters. The Bertz CT molecular complexity index is 361. The first-order chi connectivity index (χ1) is 7.79. The minimum Gasteiger partial charge on any atom is -0.314 e. The first kappa shape index (κ1) is 11.5. The number of rotatable bonds is 3. The van der Waals surface area contributed by atoms with Crippen molar-refractivity contribution in [1.82, 2.24) is 20.6 Å². The SMILES string of the molecule is NNC(=O)c1nc(CN2CCNCC2)cs1. The number of nitrogen functional groups attached to an aromatic ring is 1. The minimum absolute atomic E-state index is 0.323. The molecule has 16 heavy (non-hydrogen) atoms. The van der Waals surface area contributed by atoms with Gasteiger partial charge in [-0.3, -0.25) is 15.1 Å². The van der Waals surface area contributed by atoms with Crippen LogP contribution < -0.4 is 16.6 Å². The van der Waals surface area contributed by atoms with Gasteiger partial charge in [-0.25, -0.2) is 10.8 Å². The average molecular weight is 241 g/mol. The van der Waals surface area contributed by atoms with E-state index >= 15 is 0 Å². The van der Waals surface area contributed by atoms with E-state index in [1.165, 1.54) is 11.3 Å². The smallest absolute Gasteiger partial charge is 0.294 e. The Hall–Kier alpha value is -1.02. The number of thiazole rings is 1. The monoisotopic (exact) mass is 241 g/mol. The summed E-state index contributed by atoms with van der Waals surface area (Å²) < 4.78 is 0. The Morgan fingerprint density at radius 3 is 3.06 bits per heavy atom. The van der Waals surface area contributed by atoms with Crippen LogP contribution in [0, 0.1) is 0 Å². The minimum atomic E-state index is -0.323. The van der Waals surface area contributed by atoms with Crippen molar-refractivity contribution in [2.75, 3.05) is 26.2 Å². The van der Waals surface area contributed by atoms with Gasteiger partial charge in [0, 0.05) is 38.1 Å². The maximum Gasteiger partial charge on any atom is 0.294 e. The molecule has 0 spiro atoms. The quantitative estimate of drug-likeness (QED) is 0.365.